The van der Waals surface area contributed by atoms with Crippen LogP contribution < -0.4 is 4.72 Å². The van der Waals surface area contributed by atoms with Crippen molar-refractivity contribution in [2.45, 2.75) is 37.2 Å². The third-order valence-corrected chi connectivity index (χ3v) is 6.86. The van der Waals surface area contributed by atoms with Gasteiger partial charge in [-0.1, -0.05) is 23.2 Å². The van der Waals surface area contributed by atoms with Crippen molar-refractivity contribution in [3.8, 4) is 0 Å². The maximum Gasteiger partial charge on any atom is 0.274 e. The van der Waals surface area contributed by atoms with Gasteiger partial charge in [0, 0.05) is 24.3 Å². The Morgan fingerprint density at radius 2 is 1.90 bits per heavy atom. The molecule has 7 nitrogen and oxygen atoms in total. The summed E-state index contributed by atoms with van der Waals surface area (Å²) >= 11 is 12.0. The molecule has 0 atom stereocenters. The number of benzene rings is 1. The van der Waals surface area contributed by atoms with Gasteiger partial charge in [0.1, 0.15) is 0 Å². The lowest BCUT2D eigenvalue weighted by Gasteiger charge is -2.35. The lowest BCUT2D eigenvalue weighted by Crippen LogP contribution is -2.45. The number of anilines is 1. The number of nitrogens with zero attached hydrogens (tertiary/aromatic N) is 2. The van der Waals surface area contributed by atoms with Crippen molar-refractivity contribution in [1.82, 2.24) is 9.88 Å². The number of amides is 1. The van der Waals surface area contributed by atoms with E-state index in [1.807, 2.05) is 0 Å². The van der Waals surface area contributed by atoms with Crippen molar-refractivity contribution >= 4 is 44.8 Å². The fourth-order valence-corrected chi connectivity index (χ4v) is 4.43. The molecule has 2 aromatic rings. The Morgan fingerprint density at radius 1 is 1.24 bits per heavy atom. The van der Waals surface area contributed by atoms with Crippen molar-refractivity contribution in [1.29, 1.82) is 0 Å². The predicted octanol–water partition coefficient (Wildman–Crippen LogP) is 3.48. The molecule has 1 aromatic heterocycles. The minimum Gasteiger partial charge on any atom is -0.390 e. The number of aliphatic hydroxyl groups is 1. The molecule has 3 rings (SSSR count). The van der Waals surface area contributed by atoms with Crippen molar-refractivity contribution in [3.63, 3.8) is 0 Å². The fraction of sp³-hybridized carbons (Fsp3) is 0.368. The molecule has 0 spiro atoms. The predicted molar refractivity (Wildman–Crippen MR) is 112 cm³/mol. The van der Waals surface area contributed by atoms with E-state index in [0.29, 0.717) is 36.5 Å². The molecule has 0 radical (unpaired) electrons. The highest BCUT2D eigenvalue weighted by Crippen LogP contribution is 2.27. The van der Waals surface area contributed by atoms with Crippen LogP contribution in [0.4, 0.5) is 5.69 Å². The summed E-state index contributed by atoms with van der Waals surface area (Å²) in [5, 5.41) is 10.7. The molecule has 1 aromatic carbocycles. The first-order valence-corrected chi connectivity index (χ1v) is 11.2. The molecular weight excluding hydrogens is 437 g/mol. The standard InChI is InChI=1S/C19H21Cl2N3O4S/c1-12-9-14(3-4-15(12)21)29(27,28)23-16-10-13(20)11-22-17(16)18(25)24-7-5-19(2,26)6-8-24/h3-4,9-11,23,26H,5-8H2,1-2H3. The van der Waals surface area contributed by atoms with Gasteiger partial charge in [-0.05, 0) is 56.5 Å². The first-order chi connectivity index (χ1) is 13.5. The summed E-state index contributed by atoms with van der Waals surface area (Å²) in [5.41, 5.74) is -0.269. The van der Waals surface area contributed by atoms with Crippen LogP contribution in [0.25, 0.3) is 0 Å². The number of halogens is 2. The number of aromatic nitrogens is 1. The second-order valence-electron chi connectivity index (χ2n) is 7.36. The Morgan fingerprint density at radius 3 is 2.52 bits per heavy atom. The molecule has 0 bridgehead atoms. The van der Waals surface area contributed by atoms with Crippen molar-refractivity contribution in [2.75, 3.05) is 17.8 Å². The number of aryl methyl sites for hydroxylation is 1. The number of likely N-dealkylation sites (tertiary alicyclic amines) is 1. The summed E-state index contributed by atoms with van der Waals surface area (Å²) in [4.78, 5) is 18.6. The highest BCUT2D eigenvalue weighted by atomic mass is 35.5. The van der Waals surface area contributed by atoms with Crippen molar-refractivity contribution in [2.24, 2.45) is 0 Å². The Kier molecular flexibility index (Phi) is 6.10. The van der Waals surface area contributed by atoms with Gasteiger partial charge < -0.3 is 10.0 Å². The van der Waals surface area contributed by atoms with Crippen LogP contribution in [0.1, 0.15) is 35.8 Å². The van der Waals surface area contributed by atoms with Gasteiger partial charge in [-0.3, -0.25) is 9.52 Å². The minimum absolute atomic E-state index is 0.00629. The minimum atomic E-state index is -3.99. The van der Waals surface area contributed by atoms with Crippen LogP contribution in [0.3, 0.4) is 0 Å². The van der Waals surface area contributed by atoms with Gasteiger partial charge in [-0.25, -0.2) is 13.4 Å². The summed E-state index contributed by atoms with van der Waals surface area (Å²) in [7, 11) is -3.99. The maximum atomic E-state index is 13.0. The van der Waals surface area contributed by atoms with Gasteiger partial charge in [-0.15, -0.1) is 0 Å². The zero-order chi connectivity index (χ0) is 21.4. The number of sulfonamides is 1. The summed E-state index contributed by atoms with van der Waals surface area (Å²) < 4.78 is 28.1. The van der Waals surface area contributed by atoms with Crippen LogP contribution in [-0.4, -0.2) is 48.0 Å². The lowest BCUT2D eigenvalue weighted by atomic mass is 9.93. The molecule has 1 saturated heterocycles. The number of nitrogens with one attached hydrogen (secondary N) is 1. The summed E-state index contributed by atoms with van der Waals surface area (Å²) in [5.74, 6) is -0.429. The quantitative estimate of drug-likeness (QED) is 0.731. The fourth-order valence-electron chi connectivity index (χ4n) is 3.02. The number of piperidine rings is 1. The second-order valence-corrected chi connectivity index (χ2v) is 9.88. The van der Waals surface area contributed by atoms with Crippen molar-refractivity contribution in [3.05, 3.63) is 51.8 Å². The first kappa shape index (κ1) is 21.8. The summed E-state index contributed by atoms with van der Waals surface area (Å²) in [6.45, 7) is 4.11. The molecule has 29 heavy (non-hydrogen) atoms. The number of hydrogen-bond acceptors (Lipinski definition) is 5. The molecule has 1 fully saturated rings. The van der Waals surface area contributed by atoms with E-state index in [9.17, 15) is 18.3 Å². The second kappa shape index (κ2) is 8.10. The maximum absolute atomic E-state index is 13.0. The van der Waals surface area contributed by atoms with E-state index in [0.717, 1.165) is 0 Å². The summed E-state index contributed by atoms with van der Waals surface area (Å²) in [6.07, 6.45) is 2.15. The smallest absolute Gasteiger partial charge is 0.274 e. The SMILES string of the molecule is Cc1cc(S(=O)(=O)Nc2cc(Cl)cnc2C(=O)N2CCC(C)(O)CC2)ccc1Cl. The van der Waals surface area contributed by atoms with Gasteiger partial charge in [0.2, 0.25) is 0 Å². The third-order valence-electron chi connectivity index (χ3n) is 4.87. The third kappa shape index (κ3) is 5.01. The number of carbonyl (C=O) groups excluding carboxylic acids is 1. The molecule has 1 aliphatic heterocycles. The molecule has 0 saturated carbocycles. The van der Waals surface area contributed by atoms with Gasteiger partial charge >= 0.3 is 0 Å². The van der Waals surface area contributed by atoms with E-state index >= 15 is 0 Å². The van der Waals surface area contributed by atoms with Crippen LogP contribution in [0.5, 0.6) is 0 Å². The Balaban J connectivity index is 1.91. The number of hydrogen-bond donors (Lipinski definition) is 2. The molecule has 1 aliphatic rings. The highest BCUT2D eigenvalue weighted by molar-refractivity contribution is 7.92. The zero-order valence-corrected chi connectivity index (χ0v) is 18.3. The molecule has 156 valence electrons. The lowest BCUT2D eigenvalue weighted by molar-refractivity contribution is -0.00215. The Bertz CT molecular complexity index is 1050. The Hall–Kier alpha value is -1.87. The van der Waals surface area contributed by atoms with E-state index in [4.69, 9.17) is 23.2 Å². The van der Waals surface area contributed by atoms with Gasteiger partial charge in [-0.2, -0.15) is 0 Å². The molecule has 2 N–H and O–H groups in total. The van der Waals surface area contributed by atoms with Crippen LogP contribution in [0.15, 0.2) is 35.4 Å². The molecule has 1 amide bonds. The van der Waals surface area contributed by atoms with E-state index in [1.165, 1.54) is 30.5 Å². The number of pyridine rings is 1. The van der Waals surface area contributed by atoms with Gasteiger partial charge in [0.25, 0.3) is 15.9 Å². The largest absolute Gasteiger partial charge is 0.390 e. The normalized spacial score (nSPS) is 16.5. The summed E-state index contributed by atoms with van der Waals surface area (Å²) in [6, 6.07) is 5.66. The van der Waals surface area contributed by atoms with Crippen LogP contribution in [-0.2, 0) is 10.0 Å². The van der Waals surface area contributed by atoms with Crippen LogP contribution in [0, 0.1) is 6.92 Å². The molecule has 10 heteroatoms. The molecule has 0 unspecified atom stereocenters. The van der Waals surface area contributed by atoms with E-state index in [2.05, 4.69) is 9.71 Å². The number of rotatable bonds is 4. The first-order valence-electron chi connectivity index (χ1n) is 8.95. The molecular formula is C19H21Cl2N3O4S. The average molecular weight is 458 g/mol. The monoisotopic (exact) mass is 457 g/mol. The van der Waals surface area contributed by atoms with E-state index < -0.39 is 21.5 Å². The molecule has 0 aliphatic carbocycles. The van der Waals surface area contributed by atoms with Crippen LogP contribution >= 0.6 is 23.2 Å². The van der Waals surface area contributed by atoms with E-state index in [-0.39, 0.29) is 21.3 Å². The van der Waals surface area contributed by atoms with E-state index in [1.54, 1.807) is 18.7 Å². The Labute approximate surface area is 179 Å². The van der Waals surface area contributed by atoms with Crippen LogP contribution in [0.2, 0.25) is 10.0 Å². The van der Waals surface area contributed by atoms with Gasteiger partial charge in [0.05, 0.1) is 21.2 Å². The van der Waals surface area contributed by atoms with Crippen molar-refractivity contribution < 1.29 is 18.3 Å². The molecule has 2 heterocycles. The van der Waals surface area contributed by atoms with Gasteiger partial charge in [0.15, 0.2) is 5.69 Å². The highest BCUT2D eigenvalue weighted by Gasteiger charge is 2.32. The topological polar surface area (TPSA) is 99.6 Å². The zero-order valence-electron chi connectivity index (χ0n) is 15.9. The number of carbonyl (C=O) groups is 1. The average Bonchev–Trinajstić information content (AvgIpc) is 2.63.